The molecular weight excluding hydrogens is 262 g/mol. The van der Waals surface area contributed by atoms with Crippen molar-refractivity contribution in [1.29, 1.82) is 0 Å². The van der Waals surface area contributed by atoms with Gasteiger partial charge in [0, 0.05) is 5.54 Å². The maximum atomic E-state index is 10.7. The van der Waals surface area contributed by atoms with Crippen LogP contribution in [0.2, 0.25) is 0 Å². The third kappa shape index (κ3) is 11.4. The van der Waals surface area contributed by atoms with E-state index in [1.54, 1.807) is 0 Å². The van der Waals surface area contributed by atoms with Crippen LogP contribution in [0.3, 0.4) is 0 Å². The van der Waals surface area contributed by atoms with Gasteiger partial charge in [-0.1, -0.05) is 20.8 Å². The Bertz CT molecular complexity index is 350. The van der Waals surface area contributed by atoms with E-state index in [1.165, 1.54) is 0 Å². The molecule has 0 saturated heterocycles. The zero-order chi connectivity index (χ0) is 15.3. The van der Waals surface area contributed by atoms with Crippen LogP contribution < -0.4 is 0 Å². The molecule has 0 heterocycles. The maximum absolute atomic E-state index is 10.7. The number of unbranched alkanes of at least 4 members (excludes halogenated alkanes) is 1. The van der Waals surface area contributed by atoms with Crippen LogP contribution in [0, 0.1) is 5.41 Å². The molecule has 0 rings (SSSR count). The van der Waals surface area contributed by atoms with Crippen LogP contribution in [0.25, 0.3) is 0 Å². The van der Waals surface area contributed by atoms with Crippen molar-refractivity contribution in [2.75, 3.05) is 18.8 Å². The molecule has 0 fully saturated rings. The summed E-state index contributed by atoms with van der Waals surface area (Å²) in [6, 6.07) is 0. The summed E-state index contributed by atoms with van der Waals surface area (Å²) >= 11 is 0. The Morgan fingerprint density at radius 1 is 0.947 bits per heavy atom. The second kappa shape index (κ2) is 7.04. The van der Waals surface area contributed by atoms with Crippen molar-refractivity contribution in [3.8, 4) is 0 Å². The summed E-state index contributed by atoms with van der Waals surface area (Å²) in [5, 5.41) is 0. The highest BCUT2D eigenvalue weighted by molar-refractivity contribution is 7.85. The lowest BCUT2D eigenvalue weighted by molar-refractivity contribution is 0.117. The molecule has 0 aromatic carbocycles. The lowest BCUT2D eigenvalue weighted by atomic mass is 9.91. The molecule has 0 saturated carbocycles. The van der Waals surface area contributed by atoms with Gasteiger partial charge in [-0.2, -0.15) is 8.42 Å². The second-order valence-electron chi connectivity index (χ2n) is 7.46. The minimum atomic E-state index is -3.81. The van der Waals surface area contributed by atoms with Gasteiger partial charge in [0.25, 0.3) is 10.1 Å². The van der Waals surface area contributed by atoms with Crippen LogP contribution >= 0.6 is 0 Å². The molecule has 0 aromatic heterocycles. The highest BCUT2D eigenvalue weighted by atomic mass is 32.2. The minimum Gasteiger partial charge on any atom is -0.298 e. The van der Waals surface area contributed by atoms with Crippen molar-refractivity contribution >= 4 is 10.1 Å². The molecule has 0 amide bonds. The van der Waals surface area contributed by atoms with E-state index in [-0.39, 0.29) is 11.3 Å². The quantitative estimate of drug-likeness (QED) is 0.578. The Morgan fingerprint density at radius 2 is 1.47 bits per heavy atom. The summed E-state index contributed by atoms with van der Waals surface area (Å²) in [5.41, 5.74) is 0.390. The van der Waals surface area contributed by atoms with E-state index in [9.17, 15) is 8.42 Å². The van der Waals surface area contributed by atoms with Gasteiger partial charge in [0.1, 0.15) is 0 Å². The third-order valence-electron chi connectivity index (χ3n) is 3.16. The largest absolute Gasteiger partial charge is 0.298 e. The molecule has 1 N–H and O–H groups in total. The van der Waals surface area contributed by atoms with Crippen molar-refractivity contribution < 1.29 is 13.0 Å². The van der Waals surface area contributed by atoms with E-state index in [0.717, 1.165) is 25.9 Å². The van der Waals surface area contributed by atoms with E-state index >= 15 is 0 Å². The molecule has 0 atom stereocenters. The van der Waals surface area contributed by atoms with Crippen molar-refractivity contribution in [3.63, 3.8) is 0 Å². The van der Waals surface area contributed by atoms with Crippen molar-refractivity contribution in [2.24, 2.45) is 5.41 Å². The molecule has 0 bridgehead atoms. The molecule has 0 aromatic rings. The molecule has 0 aliphatic rings. The third-order valence-corrected chi connectivity index (χ3v) is 3.97. The fourth-order valence-corrected chi connectivity index (χ4v) is 2.41. The van der Waals surface area contributed by atoms with Gasteiger partial charge in [0.2, 0.25) is 0 Å². The van der Waals surface area contributed by atoms with Crippen molar-refractivity contribution in [1.82, 2.24) is 4.90 Å². The highest BCUT2D eigenvalue weighted by Gasteiger charge is 2.22. The Balaban J connectivity index is 4.23. The Labute approximate surface area is 119 Å². The maximum Gasteiger partial charge on any atom is 0.264 e. The first-order valence-electron chi connectivity index (χ1n) is 7.01. The van der Waals surface area contributed by atoms with Gasteiger partial charge in [-0.05, 0) is 58.5 Å². The zero-order valence-electron chi connectivity index (χ0n) is 13.4. The topological polar surface area (TPSA) is 57.6 Å². The van der Waals surface area contributed by atoms with Gasteiger partial charge < -0.3 is 0 Å². The summed E-state index contributed by atoms with van der Waals surface area (Å²) in [6.45, 7) is 15.1. The molecule has 4 nitrogen and oxygen atoms in total. The number of hydrogen-bond acceptors (Lipinski definition) is 3. The molecule has 0 unspecified atom stereocenters. The molecule has 0 radical (unpaired) electrons. The Morgan fingerprint density at radius 3 is 1.84 bits per heavy atom. The van der Waals surface area contributed by atoms with Gasteiger partial charge >= 0.3 is 0 Å². The van der Waals surface area contributed by atoms with Crippen LogP contribution in [0.4, 0.5) is 0 Å². The number of nitrogens with zero attached hydrogens (tertiary/aromatic N) is 1. The van der Waals surface area contributed by atoms with E-state index in [1.807, 2.05) is 0 Å². The summed E-state index contributed by atoms with van der Waals surface area (Å²) < 4.78 is 30.1. The van der Waals surface area contributed by atoms with Crippen molar-refractivity contribution in [2.45, 2.75) is 66.3 Å². The predicted molar refractivity (Wildman–Crippen MR) is 81.0 cm³/mol. The summed E-state index contributed by atoms with van der Waals surface area (Å²) in [6.07, 6.45) is 2.42. The predicted octanol–water partition coefficient (Wildman–Crippen LogP) is 3.19. The van der Waals surface area contributed by atoms with Gasteiger partial charge in [-0.3, -0.25) is 9.45 Å². The Hall–Kier alpha value is -0.130. The van der Waals surface area contributed by atoms with Crippen LogP contribution in [0.5, 0.6) is 0 Å². The molecule has 0 aliphatic heterocycles. The summed E-state index contributed by atoms with van der Waals surface area (Å²) in [7, 11) is -3.81. The van der Waals surface area contributed by atoms with Gasteiger partial charge in [0.05, 0.1) is 5.75 Å². The number of hydrogen-bond donors (Lipinski definition) is 1. The first-order chi connectivity index (χ1) is 8.31. The molecule has 0 spiro atoms. The zero-order valence-corrected chi connectivity index (χ0v) is 14.2. The smallest absolute Gasteiger partial charge is 0.264 e. The Kier molecular flexibility index (Phi) is 7.00. The SMILES string of the molecule is CC(C)(C)CCN(CCCCS(=O)(=O)O)C(C)(C)C. The minimum absolute atomic E-state index is 0.0866. The normalized spacial score (nSPS) is 14.1. The molecular formula is C14H31NO3S. The fraction of sp³-hybridized carbons (Fsp3) is 1.00. The molecule has 0 aliphatic carbocycles. The van der Waals surface area contributed by atoms with Crippen LogP contribution in [0.1, 0.15) is 60.8 Å². The molecule has 116 valence electrons. The van der Waals surface area contributed by atoms with Crippen molar-refractivity contribution in [3.05, 3.63) is 0 Å². The molecule has 19 heavy (non-hydrogen) atoms. The monoisotopic (exact) mass is 293 g/mol. The van der Waals surface area contributed by atoms with E-state index in [2.05, 4.69) is 46.4 Å². The van der Waals surface area contributed by atoms with E-state index in [4.69, 9.17) is 4.55 Å². The van der Waals surface area contributed by atoms with Crippen LogP contribution in [-0.4, -0.2) is 42.3 Å². The standard InChI is InChI=1S/C14H31NO3S/c1-13(2,3)9-11-15(14(4,5)6)10-7-8-12-19(16,17)18/h7-12H2,1-6H3,(H,16,17,18). The average molecular weight is 293 g/mol. The lowest BCUT2D eigenvalue weighted by Crippen LogP contribution is -2.43. The fourth-order valence-electron chi connectivity index (χ4n) is 1.84. The van der Waals surface area contributed by atoms with E-state index < -0.39 is 10.1 Å². The second-order valence-corrected chi connectivity index (χ2v) is 9.03. The van der Waals surface area contributed by atoms with Crippen LogP contribution in [0.15, 0.2) is 0 Å². The van der Waals surface area contributed by atoms with Crippen LogP contribution in [-0.2, 0) is 10.1 Å². The highest BCUT2D eigenvalue weighted by Crippen LogP contribution is 2.22. The van der Waals surface area contributed by atoms with Gasteiger partial charge in [0.15, 0.2) is 0 Å². The van der Waals surface area contributed by atoms with Gasteiger partial charge in [-0.15, -0.1) is 0 Å². The summed E-state index contributed by atoms with van der Waals surface area (Å²) in [4.78, 5) is 2.39. The molecule has 5 heteroatoms. The van der Waals surface area contributed by atoms with Gasteiger partial charge in [-0.25, -0.2) is 0 Å². The number of rotatable bonds is 7. The first kappa shape index (κ1) is 18.9. The first-order valence-corrected chi connectivity index (χ1v) is 8.62. The van der Waals surface area contributed by atoms with E-state index in [0.29, 0.717) is 11.8 Å². The summed E-state index contributed by atoms with van der Waals surface area (Å²) in [5.74, 6) is -0.135. The average Bonchev–Trinajstić information content (AvgIpc) is 2.10. The lowest BCUT2D eigenvalue weighted by Gasteiger charge is -2.37.